The maximum atomic E-state index is 11.5. The summed E-state index contributed by atoms with van der Waals surface area (Å²) in [5.74, 6) is -0.392. The molecule has 1 N–H and O–H groups in total. The van der Waals surface area contributed by atoms with Crippen LogP contribution >= 0.6 is 11.6 Å². The van der Waals surface area contributed by atoms with Crippen LogP contribution in [-0.2, 0) is 11.3 Å². The van der Waals surface area contributed by atoms with E-state index in [1.807, 2.05) is 6.07 Å². The molecule has 0 fully saturated rings. The number of nitriles is 1. The fourth-order valence-corrected chi connectivity index (χ4v) is 1.85. The third kappa shape index (κ3) is 2.92. The van der Waals surface area contributed by atoms with Gasteiger partial charge >= 0.3 is 5.97 Å². The van der Waals surface area contributed by atoms with Crippen molar-refractivity contribution in [2.45, 2.75) is 6.54 Å². The standard InChI is InChI=1S/C14H11ClN2O3/c1-19-14(18)13-10(4-5-20-13)8-17-12-6-9(7-16)2-3-11(12)15/h2-6,17H,8H2,1H3. The first-order valence-corrected chi connectivity index (χ1v) is 6.11. The highest BCUT2D eigenvalue weighted by Gasteiger charge is 2.15. The number of methoxy groups -OCH3 is 1. The number of nitrogens with one attached hydrogen (secondary N) is 1. The van der Waals surface area contributed by atoms with Gasteiger partial charge in [-0.3, -0.25) is 0 Å². The predicted molar refractivity (Wildman–Crippen MR) is 73.5 cm³/mol. The van der Waals surface area contributed by atoms with Crippen molar-refractivity contribution < 1.29 is 13.9 Å². The number of rotatable bonds is 4. The minimum atomic E-state index is -0.538. The van der Waals surface area contributed by atoms with Crippen LogP contribution in [0.1, 0.15) is 21.7 Å². The highest BCUT2D eigenvalue weighted by atomic mass is 35.5. The average molecular weight is 291 g/mol. The fourth-order valence-electron chi connectivity index (χ4n) is 1.67. The van der Waals surface area contributed by atoms with Crippen LogP contribution in [0.4, 0.5) is 5.69 Å². The molecule has 0 saturated carbocycles. The van der Waals surface area contributed by atoms with Crippen LogP contribution in [0.3, 0.4) is 0 Å². The Balaban J connectivity index is 2.15. The molecule has 102 valence electrons. The molecule has 0 spiro atoms. The van der Waals surface area contributed by atoms with Crippen LogP contribution in [0.5, 0.6) is 0 Å². The maximum absolute atomic E-state index is 11.5. The van der Waals surface area contributed by atoms with Crippen LogP contribution < -0.4 is 5.32 Å². The molecular formula is C14H11ClN2O3. The first kappa shape index (κ1) is 14.0. The van der Waals surface area contributed by atoms with Crippen molar-refractivity contribution in [1.82, 2.24) is 0 Å². The van der Waals surface area contributed by atoms with E-state index in [0.717, 1.165) is 0 Å². The molecule has 6 heteroatoms. The van der Waals surface area contributed by atoms with Crippen LogP contribution in [-0.4, -0.2) is 13.1 Å². The maximum Gasteiger partial charge on any atom is 0.374 e. The number of carbonyl (C=O) groups excluding carboxylic acids is 1. The van der Waals surface area contributed by atoms with E-state index in [1.54, 1.807) is 24.3 Å². The van der Waals surface area contributed by atoms with E-state index in [1.165, 1.54) is 13.4 Å². The Morgan fingerprint density at radius 3 is 3.00 bits per heavy atom. The number of hydrogen-bond donors (Lipinski definition) is 1. The molecule has 2 aromatic rings. The van der Waals surface area contributed by atoms with E-state index < -0.39 is 5.97 Å². The van der Waals surface area contributed by atoms with E-state index in [-0.39, 0.29) is 5.76 Å². The molecule has 2 rings (SSSR count). The number of hydrogen-bond acceptors (Lipinski definition) is 5. The number of furan rings is 1. The molecule has 0 radical (unpaired) electrons. The second kappa shape index (κ2) is 6.13. The van der Waals surface area contributed by atoms with Gasteiger partial charge in [0.25, 0.3) is 0 Å². The number of benzene rings is 1. The van der Waals surface area contributed by atoms with E-state index >= 15 is 0 Å². The molecule has 0 amide bonds. The molecule has 1 aromatic carbocycles. The van der Waals surface area contributed by atoms with E-state index in [9.17, 15) is 4.79 Å². The third-order valence-corrected chi connectivity index (χ3v) is 3.01. The third-order valence-electron chi connectivity index (χ3n) is 2.68. The van der Waals surface area contributed by atoms with Gasteiger partial charge in [0.2, 0.25) is 5.76 Å². The molecule has 0 aliphatic rings. The quantitative estimate of drug-likeness (QED) is 0.875. The molecule has 20 heavy (non-hydrogen) atoms. The lowest BCUT2D eigenvalue weighted by Crippen LogP contribution is -2.07. The lowest BCUT2D eigenvalue weighted by Gasteiger charge is -2.08. The SMILES string of the molecule is COC(=O)c1occc1CNc1cc(C#N)ccc1Cl. The molecule has 1 aromatic heterocycles. The van der Waals surface area contributed by atoms with E-state index in [4.69, 9.17) is 21.3 Å². The van der Waals surface area contributed by atoms with Gasteiger partial charge in [0.15, 0.2) is 0 Å². The van der Waals surface area contributed by atoms with Gasteiger partial charge in [-0.1, -0.05) is 11.6 Å². The van der Waals surface area contributed by atoms with Crippen molar-refractivity contribution in [3.8, 4) is 6.07 Å². The minimum absolute atomic E-state index is 0.146. The largest absolute Gasteiger partial charge is 0.463 e. The zero-order valence-electron chi connectivity index (χ0n) is 10.6. The van der Waals surface area contributed by atoms with Gasteiger partial charge in [-0.2, -0.15) is 5.26 Å². The summed E-state index contributed by atoms with van der Waals surface area (Å²) >= 11 is 6.04. The van der Waals surface area contributed by atoms with Gasteiger partial charge < -0.3 is 14.5 Å². The zero-order chi connectivity index (χ0) is 14.5. The van der Waals surface area contributed by atoms with Gasteiger partial charge in [0.05, 0.1) is 35.7 Å². The minimum Gasteiger partial charge on any atom is -0.463 e. The van der Waals surface area contributed by atoms with Crippen LogP contribution in [0.2, 0.25) is 5.02 Å². The lowest BCUT2D eigenvalue weighted by atomic mass is 10.2. The van der Waals surface area contributed by atoms with Gasteiger partial charge in [-0.05, 0) is 24.3 Å². The number of halogens is 1. The Kier molecular flexibility index (Phi) is 4.28. The Bertz CT molecular complexity index is 673. The number of nitrogens with zero attached hydrogens (tertiary/aromatic N) is 1. The normalized spacial score (nSPS) is 9.85. The molecule has 0 aliphatic carbocycles. The van der Waals surface area contributed by atoms with Gasteiger partial charge in [-0.25, -0.2) is 4.79 Å². The zero-order valence-corrected chi connectivity index (χ0v) is 11.4. The monoisotopic (exact) mass is 290 g/mol. The van der Waals surface area contributed by atoms with Crippen LogP contribution in [0.25, 0.3) is 0 Å². The van der Waals surface area contributed by atoms with E-state index in [0.29, 0.717) is 28.4 Å². The fraction of sp³-hybridized carbons (Fsp3) is 0.143. The van der Waals surface area contributed by atoms with Crippen molar-refractivity contribution in [2.75, 3.05) is 12.4 Å². The second-order valence-corrected chi connectivity index (χ2v) is 4.33. The number of anilines is 1. The van der Waals surface area contributed by atoms with Crippen molar-refractivity contribution >= 4 is 23.3 Å². The summed E-state index contributed by atoms with van der Waals surface area (Å²) in [7, 11) is 1.29. The summed E-state index contributed by atoms with van der Waals surface area (Å²) in [6.45, 7) is 0.329. The molecule has 0 bridgehead atoms. The van der Waals surface area contributed by atoms with Gasteiger partial charge in [-0.15, -0.1) is 0 Å². The molecule has 0 aliphatic heterocycles. The summed E-state index contributed by atoms with van der Waals surface area (Å²) < 4.78 is 9.70. The van der Waals surface area contributed by atoms with Gasteiger partial charge in [0.1, 0.15) is 0 Å². The van der Waals surface area contributed by atoms with Gasteiger partial charge in [0, 0.05) is 12.1 Å². The Hall–Kier alpha value is -2.45. The van der Waals surface area contributed by atoms with Crippen LogP contribution in [0.15, 0.2) is 34.9 Å². The first-order valence-electron chi connectivity index (χ1n) is 5.74. The number of ether oxygens (including phenoxy) is 1. The molecule has 0 unspecified atom stereocenters. The van der Waals surface area contributed by atoms with Crippen molar-refractivity contribution in [3.63, 3.8) is 0 Å². The van der Waals surface area contributed by atoms with Crippen molar-refractivity contribution in [2.24, 2.45) is 0 Å². The first-order chi connectivity index (χ1) is 9.65. The Labute approximate surface area is 120 Å². The topological polar surface area (TPSA) is 75.3 Å². The van der Waals surface area contributed by atoms with Crippen molar-refractivity contribution in [1.29, 1.82) is 5.26 Å². The van der Waals surface area contributed by atoms with E-state index in [2.05, 4.69) is 10.1 Å². The molecule has 0 saturated heterocycles. The number of carbonyl (C=O) groups is 1. The van der Waals surface area contributed by atoms with Crippen LogP contribution in [0, 0.1) is 11.3 Å². The van der Waals surface area contributed by atoms with Crippen molar-refractivity contribution in [3.05, 3.63) is 52.4 Å². The molecular weight excluding hydrogens is 280 g/mol. The molecule has 0 atom stereocenters. The highest BCUT2D eigenvalue weighted by molar-refractivity contribution is 6.33. The Morgan fingerprint density at radius 1 is 1.50 bits per heavy atom. The average Bonchev–Trinajstić information content (AvgIpc) is 2.94. The predicted octanol–water partition coefficient (Wildman–Crippen LogP) is 3.20. The summed E-state index contributed by atoms with van der Waals surface area (Å²) in [6.07, 6.45) is 1.41. The Morgan fingerprint density at radius 2 is 2.30 bits per heavy atom. The highest BCUT2D eigenvalue weighted by Crippen LogP contribution is 2.24. The summed E-state index contributed by atoms with van der Waals surface area (Å²) in [4.78, 5) is 11.5. The smallest absolute Gasteiger partial charge is 0.374 e. The molecule has 5 nitrogen and oxygen atoms in total. The summed E-state index contributed by atoms with van der Waals surface area (Å²) in [5, 5.41) is 12.4. The number of esters is 1. The second-order valence-electron chi connectivity index (χ2n) is 3.93. The molecule has 1 heterocycles. The summed E-state index contributed by atoms with van der Waals surface area (Å²) in [6, 6.07) is 8.61. The summed E-state index contributed by atoms with van der Waals surface area (Å²) in [5.41, 5.74) is 1.76. The lowest BCUT2D eigenvalue weighted by molar-refractivity contribution is 0.0563.